The molecule has 0 spiro atoms. The standard InChI is InChI=1S/C29H31N3O5/c1-36-24-9-6-10-25(37-2)26(24)23-16-22(31-32(23)21-7-4-3-5-8-21)27(33)30-29(28(34)35)19-12-17-11-18(14-19)15-20(29)13-17/h3-10,16-20H,11-15H2,1-2H3,(H,30,33)(H,34,35). The smallest absolute Gasteiger partial charge is 0.330 e. The van der Waals surface area contributed by atoms with Gasteiger partial charge in [-0.05, 0) is 86.1 Å². The van der Waals surface area contributed by atoms with Crippen molar-refractivity contribution in [3.05, 3.63) is 60.3 Å². The zero-order chi connectivity index (χ0) is 25.7. The highest BCUT2D eigenvalue weighted by Crippen LogP contribution is 2.58. The number of ether oxygens (including phenoxy) is 2. The molecule has 4 bridgehead atoms. The summed E-state index contributed by atoms with van der Waals surface area (Å²) in [6.07, 6.45) is 4.65. The second-order valence-electron chi connectivity index (χ2n) is 10.6. The fourth-order valence-corrected chi connectivity index (χ4v) is 7.33. The van der Waals surface area contributed by atoms with Gasteiger partial charge in [-0.3, -0.25) is 4.79 Å². The number of carboxylic acids is 1. The second kappa shape index (κ2) is 8.94. The van der Waals surface area contributed by atoms with Crippen LogP contribution >= 0.6 is 0 Å². The average molecular weight is 502 g/mol. The fourth-order valence-electron chi connectivity index (χ4n) is 7.33. The van der Waals surface area contributed by atoms with Crippen LogP contribution in [0.25, 0.3) is 16.9 Å². The summed E-state index contributed by atoms with van der Waals surface area (Å²) in [5.74, 6) is 0.814. The van der Waals surface area contributed by atoms with E-state index in [1.165, 1.54) is 6.42 Å². The van der Waals surface area contributed by atoms with Crippen molar-refractivity contribution in [2.24, 2.45) is 23.7 Å². The summed E-state index contributed by atoms with van der Waals surface area (Å²) in [6.45, 7) is 0. The zero-order valence-corrected chi connectivity index (χ0v) is 21.0. The molecule has 0 saturated heterocycles. The maximum absolute atomic E-state index is 13.8. The van der Waals surface area contributed by atoms with Crippen molar-refractivity contribution in [2.45, 2.75) is 37.6 Å². The Kier molecular flexibility index (Phi) is 5.70. The lowest BCUT2D eigenvalue weighted by molar-refractivity contribution is -0.163. The first-order valence-electron chi connectivity index (χ1n) is 12.9. The Labute approximate surface area is 215 Å². The Bertz CT molecular complexity index is 1300. The number of methoxy groups -OCH3 is 2. The topological polar surface area (TPSA) is 103 Å². The molecule has 0 aliphatic heterocycles. The number of carboxylic acid groups (broad SMARTS) is 1. The van der Waals surface area contributed by atoms with E-state index in [4.69, 9.17) is 9.47 Å². The van der Waals surface area contributed by atoms with Crippen LogP contribution in [0.4, 0.5) is 0 Å². The number of carbonyl (C=O) groups is 2. The van der Waals surface area contributed by atoms with Crippen LogP contribution in [0.1, 0.15) is 42.6 Å². The summed E-state index contributed by atoms with van der Waals surface area (Å²) in [4.78, 5) is 26.6. The maximum atomic E-state index is 13.8. The van der Waals surface area contributed by atoms with Gasteiger partial charge in [-0.1, -0.05) is 24.3 Å². The van der Waals surface area contributed by atoms with E-state index in [1.807, 2.05) is 48.5 Å². The van der Waals surface area contributed by atoms with Crippen LogP contribution in [0.5, 0.6) is 11.5 Å². The predicted octanol–water partition coefficient (Wildman–Crippen LogP) is 4.57. The Balaban J connectivity index is 1.44. The Morgan fingerprint density at radius 2 is 1.51 bits per heavy atom. The van der Waals surface area contributed by atoms with E-state index >= 15 is 0 Å². The van der Waals surface area contributed by atoms with E-state index in [-0.39, 0.29) is 17.5 Å². The zero-order valence-electron chi connectivity index (χ0n) is 21.0. The highest BCUT2D eigenvalue weighted by molar-refractivity contribution is 5.98. The molecule has 7 rings (SSSR count). The number of aromatic nitrogens is 2. The van der Waals surface area contributed by atoms with Crippen molar-refractivity contribution in [2.75, 3.05) is 14.2 Å². The number of nitrogens with zero attached hydrogens (tertiary/aromatic N) is 2. The second-order valence-corrected chi connectivity index (χ2v) is 10.6. The van der Waals surface area contributed by atoms with Crippen LogP contribution in [0.15, 0.2) is 54.6 Å². The van der Waals surface area contributed by atoms with Crippen LogP contribution in [-0.4, -0.2) is 46.5 Å². The number of hydrogen-bond acceptors (Lipinski definition) is 5. The van der Waals surface area contributed by atoms with Gasteiger partial charge in [0.05, 0.1) is 31.2 Å². The molecule has 3 aromatic rings. The summed E-state index contributed by atoms with van der Waals surface area (Å²) in [5.41, 5.74) is 0.933. The molecule has 0 unspecified atom stereocenters. The molecule has 0 radical (unpaired) electrons. The molecule has 192 valence electrons. The van der Waals surface area contributed by atoms with Crippen LogP contribution in [0.3, 0.4) is 0 Å². The van der Waals surface area contributed by atoms with Crippen molar-refractivity contribution < 1.29 is 24.2 Å². The van der Waals surface area contributed by atoms with Gasteiger partial charge in [0.15, 0.2) is 5.69 Å². The number of benzene rings is 2. The van der Waals surface area contributed by atoms with E-state index in [2.05, 4.69) is 10.4 Å². The highest BCUT2D eigenvalue weighted by Gasteiger charge is 2.62. The van der Waals surface area contributed by atoms with Gasteiger partial charge < -0.3 is 19.9 Å². The van der Waals surface area contributed by atoms with Gasteiger partial charge in [0.2, 0.25) is 0 Å². The van der Waals surface area contributed by atoms with Crippen LogP contribution in [-0.2, 0) is 4.79 Å². The van der Waals surface area contributed by atoms with Crippen molar-refractivity contribution in [1.29, 1.82) is 0 Å². The van der Waals surface area contributed by atoms with Crippen LogP contribution in [0, 0.1) is 23.7 Å². The minimum atomic E-state index is -1.25. The summed E-state index contributed by atoms with van der Waals surface area (Å²) < 4.78 is 13.0. The molecule has 4 aliphatic carbocycles. The Morgan fingerprint density at radius 3 is 2.05 bits per heavy atom. The molecule has 4 saturated carbocycles. The number of amides is 1. The number of hydrogen-bond donors (Lipinski definition) is 2. The molecule has 37 heavy (non-hydrogen) atoms. The number of carbonyl (C=O) groups excluding carboxylic acids is 1. The Morgan fingerprint density at radius 1 is 0.919 bits per heavy atom. The number of nitrogens with one attached hydrogen (secondary N) is 1. The molecule has 4 aliphatic rings. The highest BCUT2D eigenvalue weighted by atomic mass is 16.5. The van der Waals surface area contributed by atoms with Crippen LogP contribution < -0.4 is 14.8 Å². The van der Waals surface area contributed by atoms with Gasteiger partial charge in [-0.25, -0.2) is 9.48 Å². The first-order chi connectivity index (χ1) is 17.9. The summed E-state index contributed by atoms with van der Waals surface area (Å²) in [7, 11) is 3.16. The first-order valence-corrected chi connectivity index (χ1v) is 12.9. The van der Waals surface area contributed by atoms with Gasteiger partial charge in [-0.2, -0.15) is 5.10 Å². The van der Waals surface area contributed by atoms with E-state index in [1.54, 1.807) is 25.0 Å². The SMILES string of the molecule is COc1cccc(OC)c1-c1cc(C(=O)NC2(C(=O)O)C3CC4CC(C3)CC2C4)nn1-c1ccccc1. The van der Waals surface area contributed by atoms with Gasteiger partial charge in [0.25, 0.3) is 5.91 Å². The molecule has 4 fully saturated rings. The van der Waals surface area contributed by atoms with Gasteiger partial charge in [0.1, 0.15) is 17.0 Å². The third-order valence-corrected chi connectivity index (χ3v) is 8.73. The normalized spacial score (nSPS) is 27.6. The number of aliphatic carboxylic acids is 1. The van der Waals surface area contributed by atoms with Crippen LogP contribution in [0.2, 0.25) is 0 Å². The first kappa shape index (κ1) is 23.6. The van der Waals surface area contributed by atoms with E-state index < -0.39 is 17.4 Å². The number of para-hydroxylation sites is 1. The van der Waals surface area contributed by atoms with E-state index in [9.17, 15) is 14.7 Å². The van der Waals surface area contributed by atoms with Gasteiger partial charge in [0, 0.05) is 0 Å². The van der Waals surface area contributed by atoms with E-state index in [0.717, 1.165) is 31.4 Å². The monoisotopic (exact) mass is 501 g/mol. The molecule has 0 atom stereocenters. The Hall–Kier alpha value is -3.81. The lowest BCUT2D eigenvalue weighted by Gasteiger charge is -2.59. The summed E-state index contributed by atoms with van der Waals surface area (Å²) in [6, 6.07) is 16.7. The molecule has 1 heterocycles. The van der Waals surface area contributed by atoms with Crippen molar-refractivity contribution >= 4 is 11.9 Å². The fraction of sp³-hybridized carbons (Fsp3) is 0.414. The maximum Gasteiger partial charge on any atom is 0.330 e. The molecular weight excluding hydrogens is 470 g/mol. The molecule has 8 nitrogen and oxygen atoms in total. The largest absolute Gasteiger partial charge is 0.496 e. The van der Waals surface area contributed by atoms with Gasteiger partial charge >= 0.3 is 5.97 Å². The minimum Gasteiger partial charge on any atom is -0.496 e. The quantitative estimate of drug-likeness (QED) is 0.492. The van der Waals surface area contributed by atoms with E-state index in [0.29, 0.717) is 34.6 Å². The van der Waals surface area contributed by atoms with Gasteiger partial charge in [-0.15, -0.1) is 0 Å². The third-order valence-electron chi connectivity index (χ3n) is 8.73. The third kappa shape index (κ3) is 3.69. The molecule has 2 N–H and O–H groups in total. The molecule has 1 aromatic heterocycles. The lowest BCUT2D eigenvalue weighted by atomic mass is 9.48. The molecule has 2 aromatic carbocycles. The average Bonchev–Trinajstić information content (AvgIpc) is 3.35. The van der Waals surface area contributed by atoms with Crippen molar-refractivity contribution in [3.8, 4) is 28.4 Å². The molecular formula is C29H31N3O5. The minimum absolute atomic E-state index is 0.0461. The summed E-state index contributed by atoms with van der Waals surface area (Å²) >= 11 is 0. The molecule has 8 heteroatoms. The van der Waals surface area contributed by atoms with Crippen molar-refractivity contribution in [3.63, 3.8) is 0 Å². The number of rotatable bonds is 7. The predicted molar refractivity (Wildman–Crippen MR) is 137 cm³/mol. The molecule has 1 amide bonds. The summed E-state index contributed by atoms with van der Waals surface area (Å²) in [5, 5.41) is 18.2. The lowest BCUT2D eigenvalue weighted by Crippen LogP contribution is -2.70. The van der Waals surface area contributed by atoms with Crippen molar-refractivity contribution in [1.82, 2.24) is 15.1 Å².